The summed E-state index contributed by atoms with van der Waals surface area (Å²) in [6.45, 7) is 21.8. The molecule has 0 aromatic rings. The van der Waals surface area contributed by atoms with Gasteiger partial charge in [0.25, 0.3) is 0 Å². The number of carbonyl (C=O) groups excluding carboxylic acids is 4. The number of likely N-dealkylation sites (N-methyl/N-ethyl adjacent to an activating group) is 1. The molecule has 0 rings (SSSR count). The molecule has 2 atom stereocenters. The third-order valence-corrected chi connectivity index (χ3v) is 14.7. The second-order valence-electron chi connectivity index (χ2n) is 21.7. The molecule has 0 saturated carbocycles. The van der Waals surface area contributed by atoms with Crippen LogP contribution in [0.25, 0.3) is 0 Å². The van der Waals surface area contributed by atoms with Crippen molar-refractivity contribution in [1.29, 1.82) is 0 Å². The number of aliphatic hydroxyl groups excluding tert-OH is 1. The van der Waals surface area contributed by atoms with E-state index in [9.17, 15) is 24.3 Å². The maximum absolute atomic E-state index is 13.1. The standard InChI is InChI=1S/C62H120N2O11/c1-8-15-21-27-39-57(41-31-43-59(66)72-53-55(35-23-17-10-3)36-24-18-11-4)74-61(68)70-51-33-46-64(49-48-63(14-7)45-29-30-50-65)47-34-52-71-62(69)75-58(40-28-22-16-9-2)42-32-44-60(67)73-54-56(37-25-19-12-5)38-26-20-13-6/h55-58,65H,8-54H2,1-7H3. The van der Waals surface area contributed by atoms with Gasteiger partial charge in [-0.25, -0.2) is 9.59 Å². The Hall–Kier alpha value is -2.64. The number of unbranched alkanes of at least 4 members (excludes halogenated alkanes) is 15. The number of hydrogen-bond donors (Lipinski definition) is 1. The topological polar surface area (TPSA) is 150 Å². The molecule has 0 aromatic carbocycles. The first-order valence-corrected chi connectivity index (χ1v) is 31.6. The van der Waals surface area contributed by atoms with E-state index in [2.05, 4.69) is 58.3 Å². The van der Waals surface area contributed by atoms with Crippen LogP contribution >= 0.6 is 0 Å². The summed E-state index contributed by atoms with van der Waals surface area (Å²) >= 11 is 0. The van der Waals surface area contributed by atoms with Crippen LogP contribution in [0.2, 0.25) is 0 Å². The van der Waals surface area contributed by atoms with Gasteiger partial charge in [-0.15, -0.1) is 0 Å². The minimum Gasteiger partial charge on any atom is -0.465 e. The molecule has 0 bridgehead atoms. The first-order valence-electron chi connectivity index (χ1n) is 31.6. The van der Waals surface area contributed by atoms with Gasteiger partial charge in [-0.3, -0.25) is 9.59 Å². The molecule has 0 heterocycles. The van der Waals surface area contributed by atoms with Gasteiger partial charge in [0.2, 0.25) is 0 Å². The molecule has 0 amide bonds. The van der Waals surface area contributed by atoms with Crippen molar-refractivity contribution in [2.45, 2.75) is 292 Å². The van der Waals surface area contributed by atoms with Crippen LogP contribution in [-0.2, 0) is 38.0 Å². The number of aliphatic hydroxyl groups is 1. The molecule has 444 valence electrons. The van der Waals surface area contributed by atoms with Crippen LogP contribution in [-0.4, -0.2) is 124 Å². The molecule has 0 aliphatic rings. The number of esters is 2. The fraction of sp³-hybridized carbons (Fsp3) is 0.935. The van der Waals surface area contributed by atoms with Gasteiger partial charge in [-0.05, 0) is 128 Å². The quantitative estimate of drug-likeness (QED) is 0.0350. The summed E-state index contributed by atoms with van der Waals surface area (Å²) in [5.74, 6) is 0.519. The molecular weight excluding hydrogens is 949 g/mol. The van der Waals surface area contributed by atoms with E-state index in [0.717, 1.165) is 129 Å². The monoisotopic (exact) mass is 1070 g/mol. The van der Waals surface area contributed by atoms with Crippen molar-refractivity contribution in [3.05, 3.63) is 0 Å². The molecule has 13 heteroatoms. The largest absolute Gasteiger partial charge is 0.508 e. The van der Waals surface area contributed by atoms with Crippen molar-refractivity contribution in [2.24, 2.45) is 11.8 Å². The molecule has 1 N–H and O–H groups in total. The second kappa shape index (κ2) is 54.7. The van der Waals surface area contributed by atoms with Gasteiger partial charge >= 0.3 is 24.2 Å². The molecule has 0 aromatic heterocycles. The summed E-state index contributed by atoms with van der Waals surface area (Å²) in [7, 11) is 0. The second-order valence-corrected chi connectivity index (χ2v) is 21.7. The van der Waals surface area contributed by atoms with Crippen LogP contribution in [0.5, 0.6) is 0 Å². The minimum atomic E-state index is -0.664. The van der Waals surface area contributed by atoms with Gasteiger partial charge in [-0.1, -0.05) is 164 Å². The summed E-state index contributed by atoms with van der Waals surface area (Å²) in [5, 5.41) is 9.34. The number of hydrogen-bond acceptors (Lipinski definition) is 13. The zero-order valence-corrected chi connectivity index (χ0v) is 50.0. The lowest BCUT2D eigenvalue weighted by Crippen LogP contribution is -2.37. The Balaban J connectivity index is 5.29. The summed E-state index contributed by atoms with van der Waals surface area (Å²) in [4.78, 5) is 56.4. The van der Waals surface area contributed by atoms with E-state index in [0.29, 0.717) is 89.5 Å². The highest BCUT2D eigenvalue weighted by molar-refractivity contribution is 5.69. The average molecular weight is 1070 g/mol. The Morgan fingerprint density at radius 1 is 0.360 bits per heavy atom. The summed E-state index contributed by atoms with van der Waals surface area (Å²) in [6.07, 6.45) is 32.8. The highest BCUT2D eigenvalue weighted by Gasteiger charge is 2.20. The average Bonchev–Trinajstić information content (AvgIpc) is 3.40. The molecule has 0 aliphatic carbocycles. The summed E-state index contributed by atoms with van der Waals surface area (Å²) in [6, 6.07) is 0. The van der Waals surface area contributed by atoms with E-state index in [1.54, 1.807) is 0 Å². The Morgan fingerprint density at radius 3 is 1.08 bits per heavy atom. The molecule has 0 aliphatic heterocycles. The Labute approximate surface area is 461 Å². The Morgan fingerprint density at radius 2 is 0.707 bits per heavy atom. The summed E-state index contributed by atoms with van der Waals surface area (Å²) in [5.41, 5.74) is 0. The van der Waals surface area contributed by atoms with E-state index < -0.39 is 12.3 Å². The smallest absolute Gasteiger partial charge is 0.465 e. The van der Waals surface area contributed by atoms with Gasteiger partial charge in [0.1, 0.15) is 12.2 Å². The molecule has 0 saturated heterocycles. The lowest BCUT2D eigenvalue weighted by atomic mass is 9.96. The molecule has 0 fully saturated rings. The molecule has 0 spiro atoms. The first kappa shape index (κ1) is 72.4. The lowest BCUT2D eigenvalue weighted by Gasteiger charge is -2.27. The van der Waals surface area contributed by atoms with Crippen LogP contribution in [0, 0.1) is 11.8 Å². The fourth-order valence-electron chi connectivity index (χ4n) is 9.71. The SMILES string of the molecule is CCCCCCC(CCCC(=O)OCC(CCCCC)CCCCC)OC(=O)OCCCN(CCCOC(=O)OC(CCCCCC)CCCC(=O)OCC(CCCCC)CCCCC)CCN(CC)CCCCO. The number of nitrogens with zero attached hydrogens (tertiary/aromatic N) is 2. The molecule has 2 unspecified atom stereocenters. The van der Waals surface area contributed by atoms with Crippen molar-refractivity contribution in [1.82, 2.24) is 9.80 Å². The number of carbonyl (C=O) groups is 4. The van der Waals surface area contributed by atoms with Crippen LogP contribution in [0.1, 0.15) is 280 Å². The van der Waals surface area contributed by atoms with Crippen molar-refractivity contribution in [2.75, 3.05) is 72.3 Å². The van der Waals surface area contributed by atoms with Crippen molar-refractivity contribution >= 4 is 24.2 Å². The van der Waals surface area contributed by atoms with Gasteiger partial charge in [0.15, 0.2) is 0 Å². The molecule has 0 radical (unpaired) electrons. The minimum absolute atomic E-state index is 0.167. The van der Waals surface area contributed by atoms with Crippen LogP contribution in [0.15, 0.2) is 0 Å². The molecular formula is C62H120N2O11. The predicted molar refractivity (Wildman–Crippen MR) is 307 cm³/mol. The van der Waals surface area contributed by atoms with Crippen molar-refractivity contribution in [3.8, 4) is 0 Å². The highest BCUT2D eigenvalue weighted by Crippen LogP contribution is 2.22. The van der Waals surface area contributed by atoms with Gasteiger partial charge in [0.05, 0.1) is 26.4 Å². The van der Waals surface area contributed by atoms with Crippen LogP contribution < -0.4 is 0 Å². The lowest BCUT2D eigenvalue weighted by molar-refractivity contribution is -0.146. The number of rotatable bonds is 56. The zero-order valence-electron chi connectivity index (χ0n) is 50.0. The van der Waals surface area contributed by atoms with E-state index in [1.807, 2.05) is 0 Å². The van der Waals surface area contributed by atoms with Gasteiger partial charge in [0, 0.05) is 45.6 Å². The van der Waals surface area contributed by atoms with E-state index in [1.165, 1.54) is 77.0 Å². The maximum Gasteiger partial charge on any atom is 0.508 e. The highest BCUT2D eigenvalue weighted by atomic mass is 16.7. The fourth-order valence-corrected chi connectivity index (χ4v) is 9.71. The normalized spacial score (nSPS) is 12.4. The third-order valence-electron chi connectivity index (χ3n) is 14.7. The van der Waals surface area contributed by atoms with E-state index in [-0.39, 0.29) is 44.0 Å². The maximum atomic E-state index is 13.1. The number of ether oxygens (including phenoxy) is 6. The Bertz CT molecular complexity index is 1190. The van der Waals surface area contributed by atoms with E-state index >= 15 is 0 Å². The Kier molecular flexibility index (Phi) is 52.8. The van der Waals surface area contributed by atoms with Crippen molar-refractivity contribution < 1.29 is 52.7 Å². The zero-order chi connectivity index (χ0) is 55.3. The van der Waals surface area contributed by atoms with Crippen LogP contribution in [0.4, 0.5) is 9.59 Å². The van der Waals surface area contributed by atoms with Gasteiger partial charge in [-0.2, -0.15) is 0 Å². The predicted octanol–water partition coefficient (Wildman–Crippen LogP) is 16.1. The molecule has 13 nitrogen and oxygen atoms in total. The first-order chi connectivity index (χ1) is 36.6. The van der Waals surface area contributed by atoms with E-state index in [4.69, 9.17) is 28.4 Å². The van der Waals surface area contributed by atoms with Crippen molar-refractivity contribution in [3.63, 3.8) is 0 Å². The van der Waals surface area contributed by atoms with Crippen LogP contribution in [0.3, 0.4) is 0 Å². The third kappa shape index (κ3) is 47.1. The summed E-state index contributed by atoms with van der Waals surface area (Å²) < 4.78 is 34.6. The molecule has 75 heavy (non-hydrogen) atoms. The van der Waals surface area contributed by atoms with Gasteiger partial charge < -0.3 is 43.3 Å².